The van der Waals surface area contributed by atoms with Crippen molar-refractivity contribution < 1.29 is 0 Å². The summed E-state index contributed by atoms with van der Waals surface area (Å²) in [5.74, 6) is 5.71. The van der Waals surface area contributed by atoms with Crippen LogP contribution in [0.2, 0.25) is 0 Å². The van der Waals surface area contributed by atoms with Gasteiger partial charge in [0, 0.05) is 19.8 Å². The van der Waals surface area contributed by atoms with Crippen molar-refractivity contribution in [1.29, 1.82) is 0 Å². The molecule has 0 heterocycles. The van der Waals surface area contributed by atoms with Crippen LogP contribution in [-0.4, -0.2) is 14.1 Å². The Morgan fingerprint density at radius 3 is 1.79 bits per heavy atom. The third kappa shape index (κ3) is 3.13. The Hall–Kier alpha value is -1.84. The molecule has 1 unspecified atom stereocenters. The number of nitrogens with two attached hydrogens (primary N) is 1. The van der Waals surface area contributed by atoms with Gasteiger partial charge in [0.15, 0.2) is 0 Å². The molecule has 0 fully saturated rings. The molecule has 19 heavy (non-hydrogen) atoms. The van der Waals surface area contributed by atoms with Gasteiger partial charge in [-0.3, -0.25) is 5.84 Å². The molecule has 0 amide bonds. The van der Waals surface area contributed by atoms with E-state index < -0.39 is 0 Å². The Morgan fingerprint density at radius 1 is 0.895 bits per heavy atom. The van der Waals surface area contributed by atoms with Crippen LogP contribution in [0.1, 0.15) is 22.7 Å². The third-order valence-corrected chi connectivity index (χ3v) is 3.32. The summed E-state index contributed by atoms with van der Waals surface area (Å²) in [7, 11) is 4.07. The van der Waals surface area contributed by atoms with E-state index in [0.717, 1.165) is 5.56 Å². The number of hydrogen-bond acceptors (Lipinski definition) is 3. The average Bonchev–Trinajstić information content (AvgIpc) is 2.42. The molecule has 0 aliphatic rings. The zero-order valence-electron chi connectivity index (χ0n) is 11.7. The Kier molecular flexibility index (Phi) is 4.20. The zero-order valence-corrected chi connectivity index (χ0v) is 11.7. The Balaban J connectivity index is 2.28. The van der Waals surface area contributed by atoms with Gasteiger partial charge >= 0.3 is 0 Å². The summed E-state index contributed by atoms with van der Waals surface area (Å²) in [6.07, 6.45) is 0. The van der Waals surface area contributed by atoms with E-state index in [2.05, 4.69) is 65.8 Å². The molecule has 0 spiro atoms. The highest BCUT2D eigenvalue weighted by Gasteiger charge is 2.12. The van der Waals surface area contributed by atoms with Crippen LogP contribution in [0.4, 0.5) is 5.69 Å². The molecule has 0 aliphatic carbocycles. The number of aryl methyl sites for hydroxylation is 1. The number of benzene rings is 2. The molecule has 100 valence electrons. The fourth-order valence-electron chi connectivity index (χ4n) is 2.11. The SMILES string of the molecule is Cc1ccc(C(NN)c2ccc(N(C)C)cc2)cc1. The average molecular weight is 255 g/mol. The minimum Gasteiger partial charge on any atom is -0.378 e. The maximum Gasteiger partial charge on any atom is 0.0710 e. The van der Waals surface area contributed by atoms with Crippen LogP contribution in [0.15, 0.2) is 48.5 Å². The fourth-order valence-corrected chi connectivity index (χ4v) is 2.11. The smallest absolute Gasteiger partial charge is 0.0710 e. The summed E-state index contributed by atoms with van der Waals surface area (Å²) in [6, 6.07) is 16.9. The van der Waals surface area contributed by atoms with Gasteiger partial charge in [0.25, 0.3) is 0 Å². The molecular formula is C16H21N3. The van der Waals surface area contributed by atoms with E-state index in [0.29, 0.717) is 0 Å². The van der Waals surface area contributed by atoms with Crippen molar-refractivity contribution in [1.82, 2.24) is 5.43 Å². The molecule has 3 heteroatoms. The zero-order chi connectivity index (χ0) is 13.8. The van der Waals surface area contributed by atoms with Gasteiger partial charge in [0.05, 0.1) is 6.04 Å². The lowest BCUT2D eigenvalue weighted by atomic mass is 9.98. The van der Waals surface area contributed by atoms with E-state index >= 15 is 0 Å². The van der Waals surface area contributed by atoms with Gasteiger partial charge in [-0.1, -0.05) is 42.0 Å². The predicted molar refractivity (Wildman–Crippen MR) is 81.1 cm³/mol. The van der Waals surface area contributed by atoms with E-state index in [4.69, 9.17) is 5.84 Å². The van der Waals surface area contributed by atoms with Crippen LogP contribution >= 0.6 is 0 Å². The van der Waals surface area contributed by atoms with Gasteiger partial charge in [0.2, 0.25) is 0 Å². The van der Waals surface area contributed by atoms with Crippen molar-refractivity contribution >= 4 is 5.69 Å². The fraction of sp³-hybridized carbons (Fsp3) is 0.250. The van der Waals surface area contributed by atoms with Crippen molar-refractivity contribution in [3.8, 4) is 0 Å². The molecule has 2 rings (SSSR count). The summed E-state index contributed by atoms with van der Waals surface area (Å²) >= 11 is 0. The second-order valence-electron chi connectivity index (χ2n) is 5.00. The lowest BCUT2D eigenvalue weighted by Gasteiger charge is -2.19. The number of nitrogens with zero attached hydrogens (tertiary/aromatic N) is 1. The second kappa shape index (κ2) is 5.87. The molecule has 2 aromatic rings. The van der Waals surface area contributed by atoms with Crippen molar-refractivity contribution in [2.24, 2.45) is 5.84 Å². The van der Waals surface area contributed by atoms with Crippen molar-refractivity contribution in [2.45, 2.75) is 13.0 Å². The summed E-state index contributed by atoms with van der Waals surface area (Å²) < 4.78 is 0. The molecule has 2 aromatic carbocycles. The van der Waals surface area contributed by atoms with E-state index in [9.17, 15) is 0 Å². The highest BCUT2D eigenvalue weighted by atomic mass is 15.2. The predicted octanol–water partition coefficient (Wildman–Crippen LogP) is 2.61. The highest BCUT2D eigenvalue weighted by molar-refractivity contribution is 5.47. The first-order chi connectivity index (χ1) is 9.11. The minimum absolute atomic E-state index is 0.0248. The molecule has 3 N–H and O–H groups in total. The van der Waals surface area contributed by atoms with E-state index in [1.54, 1.807) is 0 Å². The van der Waals surface area contributed by atoms with Gasteiger partial charge in [-0.2, -0.15) is 0 Å². The van der Waals surface area contributed by atoms with E-state index in [-0.39, 0.29) is 6.04 Å². The van der Waals surface area contributed by atoms with E-state index in [1.165, 1.54) is 16.8 Å². The standard InChI is InChI=1S/C16H21N3/c1-12-4-6-13(7-5-12)16(18-17)14-8-10-15(11-9-14)19(2)3/h4-11,16,18H,17H2,1-3H3. The number of nitrogens with one attached hydrogen (secondary N) is 1. The molecular weight excluding hydrogens is 234 g/mol. The summed E-state index contributed by atoms with van der Waals surface area (Å²) in [5.41, 5.74) is 7.66. The lowest BCUT2D eigenvalue weighted by molar-refractivity contribution is 0.637. The molecule has 1 atom stereocenters. The van der Waals surface area contributed by atoms with Gasteiger partial charge in [-0.25, -0.2) is 5.43 Å². The molecule has 0 saturated carbocycles. The van der Waals surface area contributed by atoms with Crippen LogP contribution in [-0.2, 0) is 0 Å². The van der Waals surface area contributed by atoms with Crippen LogP contribution in [0.5, 0.6) is 0 Å². The van der Waals surface area contributed by atoms with Crippen LogP contribution < -0.4 is 16.2 Å². The van der Waals surface area contributed by atoms with Gasteiger partial charge in [0.1, 0.15) is 0 Å². The van der Waals surface area contributed by atoms with Gasteiger partial charge in [-0.05, 0) is 30.2 Å². The summed E-state index contributed by atoms with van der Waals surface area (Å²) in [4.78, 5) is 2.08. The van der Waals surface area contributed by atoms with Gasteiger partial charge < -0.3 is 4.90 Å². The first-order valence-corrected chi connectivity index (χ1v) is 6.42. The topological polar surface area (TPSA) is 41.3 Å². The first kappa shape index (κ1) is 13.6. The van der Waals surface area contributed by atoms with E-state index in [1.807, 2.05) is 14.1 Å². The lowest BCUT2D eigenvalue weighted by Crippen LogP contribution is -2.28. The molecule has 3 nitrogen and oxygen atoms in total. The Bertz CT molecular complexity index is 515. The maximum atomic E-state index is 5.71. The normalized spacial score (nSPS) is 12.2. The highest BCUT2D eigenvalue weighted by Crippen LogP contribution is 2.23. The number of anilines is 1. The van der Waals surface area contributed by atoms with Crippen LogP contribution in [0, 0.1) is 6.92 Å². The molecule has 0 radical (unpaired) electrons. The Morgan fingerprint density at radius 2 is 1.37 bits per heavy atom. The minimum atomic E-state index is 0.0248. The molecule has 0 aliphatic heterocycles. The molecule has 0 saturated heterocycles. The van der Waals surface area contributed by atoms with Crippen LogP contribution in [0.25, 0.3) is 0 Å². The largest absolute Gasteiger partial charge is 0.378 e. The van der Waals surface area contributed by atoms with Crippen molar-refractivity contribution in [2.75, 3.05) is 19.0 Å². The third-order valence-electron chi connectivity index (χ3n) is 3.32. The molecule has 0 aromatic heterocycles. The van der Waals surface area contributed by atoms with Crippen LogP contribution in [0.3, 0.4) is 0 Å². The molecule has 0 bridgehead atoms. The quantitative estimate of drug-likeness (QED) is 0.652. The second-order valence-corrected chi connectivity index (χ2v) is 5.00. The first-order valence-electron chi connectivity index (χ1n) is 6.42. The monoisotopic (exact) mass is 255 g/mol. The number of hydrazine groups is 1. The number of rotatable bonds is 4. The number of hydrogen-bond donors (Lipinski definition) is 2. The van der Waals surface area contributed by atoms with Crippen molar-refractivity contribution in [3.05, 3.63) is 65.2 Å². The van der Waals surface area contributed by atoms with Crippen molar-refractivity contribution in [3.63, 3.8) is 0 Å². The van der Waals surface area contributed by atoms with Gasteiger partial charge in [-0.15, -0.1) is 0 Å². The maximum absolute atomic E-state index is 5.71. The Labute approximate surface area is 115 Å². The summed E-state index contributed by atoms with van der Waals surface area (Å²) in [5, 5.41) is 0. The summed E-state index contributed by atoms with van der Waals surface area (Å²) in [6.45, 7) is 2.08.